The van der Waals surface area contributed by atoms with E-state index in [4.69, 9.17) is 4.74 Å². The van der Waals surface area contributed by atoms with E-state index in [1.165, 1.54) is 64.8 Å². The third kappa shape index (κ3) is 4.02. The maximum absolute atomic E-state index is 5.97. The number of likely N-dealkylation sites (tertiary alicyclic amines) is 1. The quantitative estimate of drug-likeness (QED) is 0.787. The Morgan fingerprint density at radius 2 is 1.65 bits per heavy atom. The van der Waals surface area contributed by atoms with E-state index in [9.17, 15) is 0 Å². The summed E-state index contributed by atoms with van der Waals surface area (Å²) in [6, 6.07) is 6.09. The van der Waals surface area contributed by atoms with E-state index in [2.05, 4.69) is 26.8 Å². The fourth-order valence-electron chi connectivity index (χ4n) is 5.12. The van der Waals surface area contributed by atoms with Gasteiger partial charge in [-0.15, -0.1) is 11.3 Å². The molecule has 2 atom stereocenters. The van der Waals surface area contributed by atoms with Crippen LogP contribution in [-0.4, -0.2) is 72.7 Å². The Morgan fingerprint density at radius 3 is 2.42 bits per heavy atom. The predicted molar refractivity (Wildman–Crippen MR) is 107 cm³/mol. The van der Waals surface area contributed by atoms with Gasteiger partial charge in [0.05, 0.1) is 13.2 Å². The van der Waals surface area contributed by atoms with Crippen molar-refractivity contribution < 1.29 is 4.74 Å². The highest BCUT2D eigenvalue weighted by molar-refractivity contribution is 7.11. The molecule has 0 bridgehead atoms. The van der Waals surface area contributed by atoms with Crippen molar-refractivity contribution in [2.45, 2.75) is 57.3 Å². The summed E-state index contributed by atoms with van der Waals surface area (Å²) in [7, 11) is 0. The first-order valence-electron chi connectivity index (χ1n) is 10.7. The molecule has 4 fully saturated rings. The van der Waals surface area contributed by atoms with E-state index in [1.807, 2.05) is 11.3 Å². The van der Waals surface area contributed by atoms with Gasteiger partial charge in [-0.1, -0.05) is 6.42 Å². The van der Waals surface area contributed by atoms with Crippen LogP contribution in [0.4, 0.5) is 0 Å². The average Bonchev–Trinajstić information content (AvgIpc) is 3.43. The third-order valence-corrected chi connectivity index (χ3v) is 7.78. The van der Waals surface area contributed by atoms with Gasteiger partial charge in [-0.25, -0.2) is 0 Å². The Kier molecular flexibility index (Phi) is 5.34. The molecule has 1 aromatic heterocycles. The van der Waals surface area contributed by atoms with E-state index in [1.54, 1.807) is 9.75 Å². The van der Waals surface area contributed by atoms with Crippen LogP contribution in [0.15, 0.2) is 12.1 Å². The first-order chi connectivity index (χ1) is 12.8. The van der Waals surface area contributed by atoms with Gasteiger partial charge in [-0.3, -0.25) is 14.7 Å². The van der Waals surface area contributed by atoms with Crippen molar-refractivity contribution >= 4 is 11.3 Å². The zero-order valence-corrected chi connectivity index (χ0v) is 16.8. The van der Waals surface area contributed by atoms with Crippen LogP contribution in [0.3, 0.4) is 0 Å². The molecular formula is C21H33N3OS. The van der Waals surface area contributed by atoms with E-state index >= 15 is 0 Å². The lowest BCUT2D eigenvalue weighted by atomic mass is 10.0. The number of ether oxygens (including phenoxy) is 1. The minimum atomic E-state index is 0.621. The van der Waals surface area contributed by atoms with Gasteiger partial charge in [0.15, 0.2) is 0 Å². The zero-order chi connectivity index (χ0) is 17.3. The molecule has 5 heteroatoms. The van der Waals surface area contributed by atoms with Crippen LogP contribution in [0, 0.1) is 5.92 Å². The predicted octanol–water partition coefficient (Wildman–Crippen LogP) is 3.03. The lowest BCUT2D eigenvalue weighted by Crippen LogP contribution is -2.62. The van der Waals surface area contributed by atoms with Gasteiger partial charge in [0.2, 0.25) is 0 Å². The molecular weight excluding hydrogens is 342 g/mol. The number of rotatable bonds is 5. The number of hydrogen-bond acceptors (Lipinski definition) is 5. The van der Waals surface area contributed by atoms with Crippen LogP contribution < -0.4 is 0 Å². The summed E-state index contributed by atoms with van der Waals surface area (Å²) in [5.41, 5.74) is 0. The molecule has 3 saturated heterocycles. The Morgan fingerprint density at radius 1 is 0.885 bits per heavy atom. The van der Waals surface area contributed by atoms with Crippen molar-refractivity contribution in [3.63, 3.8) is 0 Å². The van der Waals surface area contributed by atoms with E-state index in [0.29, 0.717) is 12.1 Å². The number of fused-ring (bicyclic) bond motifs is 1. The van der Waals surface area contributed by atoms with Gasteiger partial charge in [-0.05, 0) is 56.8 Å². The summed E-state index contributed by atoms with van der Waals surface area (Å²) in [4.78, 5) is 11.2. The highest BCUT2D eigenvalue weighted by Crippen LogP contribution is 2.38. The van der Waals surface area contributed by atoms with Crippen molar-refractivity contribution in [1.82, 2.24) is 14.7 Å². The normalized spacial score (nSPS) is 31.8. The fraction of sp³-hybridized carbons (Fsp3) is 0.810. The molecule has 0 radical (unpaired) electrons. The average molecular weight is 376 g/mol. The van der Waals surface area contributed by atoms with Crippen molar-refractivity contribution in [2.24, 2.45) is 5.92 Å². The monoisotopic (exact) mass is 375 g/mol. The van der Waals surface area contributed by atoms with Gasteiger partial charge in [-0.2, -0.15) is 0 Å². The van der Waals surface area contributed by atoms with Gasteiger partial charge in [0.25, 0.3) is 0 Å². The standard InChI is InChI=1S/C21H33N3OS/c1-2-8-22(9-3-1)13-19-6-7-20(26-19)14-23-10-11-24-18(12-23)15-25-16-21(24)17-4-5-17/h6-7,17-18,21H,1-5,8-16H2/t18-,21-/m1/s1. The molecule has 0 unspecified atom stereocenters. The summed E-state index contributed by atoms with van der Waals surface area (Å²) >= 11 is 2.04. The molecule has 1 aliphatic carbocycles. The highest BCUT2D eigenvalue weighted by atomic mass is 32.1. The lowest BCUT2D eigenvalue weighted by Gasteiger charge is -2.48. The second-order valence-corrected chi connectivity index (χ2v) is 10.0. The summed E-state index contributed by atoms with van der Waals surface area (Å²) in [5.74, 6) is 0.930. The molecule has 4 nitrogen and oxygen atoms in total. The molecule has 4 heterocycles. The van der Waals surface area contributed by atoms with E-state index in [0.717, 1.165) is 32.2 Å². The number of piperidine rings is 1. The van der Waals surface area contributed by atoms with Crippen molar-refractivity contribution in [3.8, 4) is 0 Å². The molecule has 4 aliphatic rings. The Balaban J connectivity index is 1.15. The minimum Gasteiger partial charge on any atom is -0.378 e. The third-order valence-electron chi connectivity index (χ3n) is 6.73. The summed E-state index contributed by atoms with van der Waals surface area (Å²) in [5, 5.41) is 0. The van der Waals surface area contributed by atoms with Gasteiger partial charge < -0.3 is 4.74 Å². The number of nitrogens with zero attached hydrogens (tertiary/aromatic N) is 3. The first-order valence-corrected chi connectivity index (χ1v) is 11.5. The number of piperazine rings is 1. The molecule has 0 N–H and O–H groups in total. The van der Waals surface area contributed by atoms with Crippen LogP contribution in [0.2, 0.25) is 0 Å². The van der Waals surface area contributed by atoms with Crippen LogP contribution in [-0.2, 0) is 17.8 Å². The van der Waals surface area contributed by atoms with Gasteiger partial charge >= 0.3 is 0 Å². The molecule has 5 rings (SSSR count). The van der Waals surface area contributed by atoms with Crippen molar-refractivity contribution in [1.29, 1.82) is 0 Å². The molecule has 3 aliphatic heterocycles. The summed E-state index contributed by atoms with van der Waals surface area (Å²) in [6.45, 7) is 10.4. The van der Waals surface area contributed by atoms with Gasteiger partial charge in [0, 0.05) is 54.6 Å². The summed E-state index contributed by atoms with van der Waals surface area (Å²) < 4.78 is 5.97. The topological polar surface area (TPSA) is 19.0 Å². The Hall–Kier alpha value is -0.460. The fourth-order valence-corrected chi connectivity index (χ4v) is 6.22. The maximum atomic E-state index is 5.97. The van der Waals surface area contributed by atoms with Crippen LogP contribution in [0.25, 0.3) is 0 Å². The first kappa shape index (κ1) is 17.6. The smallest absolute Gasteiger partial charge is 0.0635 e. The zero-order valence-electron chi connectivity index (χ0n) is 15.9. The van der Waals surface area contributed by atoms with Crippen molar-refractivity contribution in [2.75, 3.05) is 45.9 Å². The van der Waals surface area contributed by atoms with Gasteiger partial charge in [0.1, 0.15) is 0 Å². The minimum absolute atomic E-state index is 0.621. The second kappa shape index (κ2) is 7.88. The summed E-state index contributed by atoms with van der Waals surface area (Å²) in [6.07, 6.45) is 7.04. The van der Waals surface area contributed by atoms with E-state index in [-0.39, 0.29) is 0 Å². The molecule has 0 aromatic carbocycles. The number of morpholine rings is 1. The largest absolute Gasteiger partial charge is 0.378 e. The molecule has 0 amide bonds. The number of thiophene rings is 1. The molecule has 0 spiro atoms. The number of hydrogen-bond donors (Lipinski definition) is 0. The maximum Gasteiger partial charge on any atom is 0.0635 e. The van der Waals surface area contributed by atoms with Crippen LogP contribution in [0.5, 0.6) is 0 Å². The lowest BCUT2D eigenvalue weighted by molar-refractivity contribution is -0.0878. The van der Waals surface area contributed by atoms with Crippen LogP contribution >= 0.6 is 11.3 Å². The Bertz CT molecular complexity index is 596. The Labute approximate surface area is 162 Å². The van der Waals surface area contributed by atoms with E-state index < -0.39 is 0 Å². The second-order valence-electron chi connectivity index (χ2n) is 8.77. The highest BCUT2D eigenvalue weighted by Gasteiger charge is 2.42. The SMILES string of the molecule is c1cc(CN2CCN3[C@@H](COC[C@@H]3C3CC3)C2)sc1CN1CCCCC1. The van der Waals surface area contributed by atoms with Crippen molar-refractivity contribution in [3.05, 3.63) is 21.9 Å². The molecule has 26 heavy (non-hydrogen) atoms. The molecule has 1 aromatic rings. The van der Waals surface area contributed by atoms with Crippen LogP contribution in [0.1, 0.15) is 41.9 Å². The molecule has 1 saturated carbocycles. The molecule has 144 valence electrons.